The van der Waals surface area contributed by atoms with Crippen LogP contribution in [0.4, 0.5) is 0 Å². The minimum absolute atomic E-state index is 0.0604. The highest BCUT2D eigenvalue weighted by Crippen LogP contribution is 2.15. The Balaban J connectivity index is 0.000000281. The van der Waals surface area contributed by atoms with Crippen molar-refractivity contribution in [2.75, 3.05) is 0 Å². The second kappa shape index (κ2) is 6.86. The summed E-state index contributed by atoms with van der Waals surface area (Å²) in [4.78, 5) is 10.2. The number of esters is 1. The van der Waals surface area contributed by atoms with Gasteiger partial charge >= 0.3 is 5.97 Å². The van der Waals surface area contributed by atoms with Crippen molar-refractivity contribution in [3.63, 3.8) is 0 Å². The smallest absolute Gasteiger partial charge is 0.303 e. The molecule has 0 bridgehead atoms. The number of nitrogens with two attached hydrogens (primary N) is 1. The van der Waals surface area contributed by atoms with Crippen LogP contribution in [0.2, 0.25) is 0 Å². The van der Waals surface area contributed by atoms with Crippen molar-refractivity contribution in [3.8, 4) is 0 Å². The molecule has 96 valence electrons. The van der Waals surface area contributed by atoms with Crippen molar-refractivity contribution < 1.29 is 14.6 Å². The molecule has 1 fully saturated rings. The van der Waals surface area contributed by atoms with Crippen LogP contribution in [0.3, 0.4) is 0 Å². The first kappa shape index (κ1) is 15.4. The van der Waals surface area contributed by atoms with Gasteiger partial charge in [-0.05, 0) is 46.5 Å². The van der Waals surface area contributed by atoms with Gasteiger partial charge in [-0.1, -0.05) is 0 Å². The lowest BCUT2D eigenvalue weighted by molar-refractivity contribution is -0.151. The summed E-state index contributed by atoms with van der Waals surface area (Å²) in [7, 11) is 0. The first-order valence-electron chi connectivity index (χ1n) is 5.84. The molecule has 0 unspecified atom stereocenters. The van der Waals surface area contributed by atoms with Gasteiger partial charge in [0.25, 0.3) is 0 Å². The van der Waals surface area contributed by atoms with E-state index >= 15 is 0 Å². The van der Waals surface area contributed by atoms with Gasteiger partial charge < -0.3 is 15.6 Å². The van der Waals surface area contributed by atoms with Gasteiger partial charge in [0.1, 0.15) is 5.60 Å². The molecule has 1 saturated carbocycles. The van der Waals surface area contributed by atoms with Crippen LogP contribution >= 0.6 is 0 Å². The number of ether oxygens (including phenoxy) is 1. The van der Waals surface area contributed by atoms with Gasteiger partial charge in [0.15, 0.2) is 0 Å². The average molecular weight is 231 g/mol. The molecule has 1 aliphatic rings. The molecule has 0 amide bonds. The first-order chi connectivity index (χ1) is 7.20. The number of carbonyl (C=O) groups excluding carboxylic acids is 1. The van der Waals surface area contributed by atoms with Crippen LogP contribution in [0.1, 0.15) is 53.4 Å². The van der Waals surface area contributed by atoms with Crippen LogP contribution < -0.4 is 5.73 Å². The van der Waals surface area contributed by atoms with Crippen LogP contribution in [-0.2, 0) is 9.53 Å². The van der Waals surface area contributed by atoms with Crippen LogP contribution in [0.15, 0.2) is 0 Å². The first-order valence-corrected chi connectivity index (χ1v) is 5.84. The Morgan fingerprint density at radius 1 is 1.25 bits per heavy atom. The van der Waals surface area contributed by atoms with Crippen molar-refractivity contribution in [3.05, 3.63) is 0 Å². The van der Waals surface area contributed by atoms with E-state index in [4.69, 9.17) is 15.6 Å². The second-order valence-electron chi connectivity index (χ2n) is 5.27. The summed E-state index contributed by atoms with van der Waals surface area (Å²) in [6.07, 6.45) is 3.75. The standard InChI is InChI=1S/C6H13NO.C6H12O2/c7-5-1-3-6(8)4-2-5;1-5(7)8-6(2,3)4/h5-6,8H,1-4,7H2;1-4H3. The molecule has 1 rings (SSSR count). The summed E-state index contributed by atoms with van der Waals surface area (Å²) in [5.41, 5.74) is 5.26. The lowest BCUT2D eigenvalue weighted by Gasteiger charge is -2.21. The minimum atomic E-state index is -0.328. The molecule has 0 aromatic heterocycles. The maximum Gasteiger partial charge on any atom is 0.303 e. The van der Waals surface area contributed by atoms with Gasteiger partial charge in [-0.3, -0.25) is 4.79 Å². The topological polar surface area (TPSA) is 72.5 Å². The Bertz CT molecular complexity index is 193. The molecule has 0 aliphatic heterocycles. The van der Waals surface area contributed by atoms with E-state index in [2.05, 4.69) is 0 Å². The highest BCUT2D eigenvalue weighted by Gasteiger charge is 2.14. The van der Waals surface area contributed by atoms with E-state index in [1.807, 2.05) is 20.8 Å². The molecule has 0 spiro atoms. The highest BCUT2D eigenvalue weighted by molar-refractivity contribution is 5.66. The summed E-state index contributed by atoms with van der Waals surface area (Å²) >= 11 is 0. The Kier molecular flexibility index (Phi) is 6.60. The molecule has 3 N–H and O–H groups in total. The molecule has 16 heavy (non-hydrogen) atoms. The number of carbonyl (C=O) groups is 1. The zero-order valence-corrected chi connectivity index (χ0v) is 10.8. The number of hydrogen-bond donors (Lipinski definition) is 2. The van der Waals surface area contributed by atoms with E-state index in [1.165, 1.54) is 6.92 Å². The molecule has 4 heteroatoms. The van der Waals surface area contributed by atoms with Gasteiger partial charge in [0.05, 0.1) is 6.10 Å². The minimum Gasteiger partial charge on any atom is -0.460 e. The van der Waals surface area contributed by atoms with Gasteiger partial charge in [0.2, 0.25) is 0 Å². The molecular formula is C12H25NO3. The van der Waals surface area contributed by atoms with E-state index in [-0.39, 0.29) is 17.7 Å². The number of hydrogen-bond acceptors (Lipinski definition) is 4. The predicted octanol–water partition coefficient (Wildman–Crippen LogP) is 1.60. The van der Waals surface area contributed by atoms with Crippen molar-refractivity contribution >= 4 is 5.97 Å². The van der Waals surface area contributed by atoms with Crippen molar-refractivity contribution in [1.82, 2.24) is 0 Å². The molecule has 0 aromatic carbocycles. The van der Waals surface area contributed by atoms with Crippen LogP contribution in [0.5, 0.6) is 0 Å². The Morgan fingerprint density at radius 2 is 1.69 bits per heavy atom. The zero-order valence-electron chi connectivity index (χ0n) is 10.8. The highest BCUT2D eigenvalue weighted by atomic mass is 16.6. The molecule has 0 heterocycles. The quantitative estimate of drug-likeness (QED) is 0.621. The van der Waals surface area contributed by atoms with Crippen LogP contribution in [0.25, 0.3) is 0 Å². The van der Waals surface area contributed by atoms with Crippen LogP contribution in [0, 0.1) is 0 Å². The molecule has 0 atom stereocenters. The third-order valence-corrected chi connectivity index (χ3v) is 2.19. The van der Waals surface area contributed by atoms with E-state index in [0.29, 0.717) is 6.04 Å². The van der Waals surface area contributed by atoms with Gasteiger partial charge in [0, 0.05) is 13.0 Å². The number of rotatable bonds is 0. The van der Waals surface area contributed by atoms with Gasteiger partial charge in [-0.15, -0.1) is 0 Å². The lowest BCUT2D eigenvalue weighted by atomic mass is 9.94. The monoisotopic (exact) mass is 231 g/mol. The SMILES string of the molecule is CC(=O)OC(C)(C)C.NC1CCC(O)CC1. The predicted molar refractivity (Wildman–Crippen MR) is 64.0 cm³/mol. The maximum atomic E-state index is 10.2. The van der Waals surface area contributed by atoms with E-state index < -0.39 is 0 Å². The Morgan fingerprint density at radius 3 is 1.88 bits per heavy atom. The van der Waals surface area contributed by atoms with E-state index in [1.54, 1.807) is 0 Å². The zero-order chi connectivity index (χ0) is 12.8. The largest absolute Gasteiger partial charge is 0.460 e. The van der Waals surface area contributed by atoms with Crippen LogP contribution in [-0.4, -0.2) is 28.8 Å². The normalized spacial score (nSPS) is 25.4. The fraction of sp³-hybridized carbons (Fsp3) is 0.917. The summed E-state index contributed by atoms with van der Waals surface area (Å²) in [5, 5.41) is 8.97. The number of aliphatic hydroxyl groups excluding tert-OH is 1. The van der Waals surface area contributed by atoms with Gasteiger partial charge in [-0.2, -0.15) is 0 Å². The second-order valence-corrected chi connectivity index (χ2v) is 5.27. The fourth-order valence-corrected chi connectivity index (χ4v) is 1.53. The molecule has 0 aromatic rings. The van der Waals surface area contributed by atoms with Gasteiger partial charge in [-0.25, -0.2) is 0 Å². The summed E-state index contributed by atoms with van der Waals surface area (Å²) in [6, 6.07) is 0.360. The van der Waals surface area contributed by atoms with Crippen molar-refractivity contribution in [1.29, 1.82) is 0 Å². The summed E-state index contributed by atoms with van der Waals surface area (Å²) in [6.45, 7) is 6.93. The lowest BCUT2D eigenvalue weighted by Crippen LogP contribution is -2.28. The number of aliphatic hydroxyl groups is 1. The molecular weight excluding hydrogens is 206 g/mol. The summed E-state index contributed by atoms with van der Waals surface area (Å²) < 4.78 is 4.80. The van der Waals surface area contributed by atoms with E-state index in [0.717, 1.165) is 25.7 Å². The van der Waals surface area contributed by atoms with Crippen molar-refractivity contribution in [2.45, 2.75) is 71.1 Å². The molecule has 0 saturated heterocycles. The molecule has 1 aliphatic carbocycles. The summed E-state index contributed by atoms with van der Waals surface area (Å²) in [5.74, 6) is -0.225. The molecule has 4 nitrogen and oxygen atoms in total. The average Bonchev–Trinajstić information content (AvgIpc) is 2.07. The Hall–Kier alpha value is -0.610. The maximum absolute atomic E-state index is 10.2. The third kappa shape index (κ3) is 9.93. The van der Waals surface area contributed by atoms with Crippen molar-refractivity contribution in [2.24, 2.45) is 5.73 Å². The fourth-order valence-electron chi connectivity index (χ4n) is 1.53. The Labute approximate surface area is 98.2 Å². The van der Waals surface area contributed by atoms with E-state index in [9.17, 15) is 4.79 Å². The third-order valence-electron chi connectivity index (χ3n) is 2.19. The molecule has 0 radical (unpaired) electrons.